The highest BCUT2D eigenvalue weighted by Gasteiger charge is 2.62. The summed E-state index contributed by atoms with van der Waals surface area (Å²) in [6, 6.07) is 25.9. The van der Waals surface area contributed by atoms with Gasteiger partial charge in [0.1, 0.15) is 0 Å². The molecule has 0 radical (unpaired) electrons. The zero-order valence-corrected chi connectivity index (χ0v) is 18.9. The number of amides is 2. The van der Waals surface area contributed by atoms with Crippen molar-refractivity contribution >= 4 is 34.7 Å². The lowest BCUT2D eigenvalue weighted by Gasteiger charge is -2.22. The van der Waals surface area contributed by atoms with Crippen LogP contribution in [0.25, 0.3) is 5.57 Å². The second-order valence-corrected chi connectivity index (χ2v) is 9.40. The molecule has 1 saturated carbocycles. The van der Waals surface area contributed by atoms with Crippen molar-refractivity contribution < 1.29 is 9.59 Å². The molecule has 3 aliphatic rings. The third-order valence-corrected chi connectivity index (χ3v) is 7.65. The van der Waals surface area contributed by atoms with Crippen LogP contribution in [-0.2, 0) is 9.59 Å². The minimum atomic E-state index is -0.370. The maximum absolute atomic E-state index is 13.6. The molecular weight excluding hydrogens is 430 g/mol. The van der Waals surface area contributed by atoms with E-state index in [-0.39, 0.29) is 35.5 Å². The molecule has 33 heavy (non-hydrogen) atoms. The fraction of sp³-hybridized carbons (Fsp3) is 0.172. The Bertz CT molecular complexity index is 1270. The first-order chi connectivity index (χ1) is 16.1. The number of fused-ring (bicyclic) bond motifs is 5. The number of aryl methyl sites for hydroxylation is 1. The fourth-order valence-corrected chi connectivity index (χ4v) is 5.96. The van der Waals surface area contributed by atoms with Gasteiger partial charge in [-0.1, -0.05) is 90.5 Å². The van der Waals surface area contributed by atoms with E-state index in [1.165, 1.54) is 10.5 Å². The molecule has 4 atom stereocenters. The first-order valence-corrected chi connectivity index (χ1v) is 11.6. The quantitative estimate of drug-likeness (QED) is 0.358. The molecule has 4 heteroatoms. The first kappa shape index (κ1) is 20.2. The number of hydrogen-bond acceptors (Lipinski definition) is 2. The van der Waals surface area contributed by atoms with Crippen molar-refractivity contribution in [2.75, 3.05) is 4.90 Å². The number of rotatable bonds is 3. The van der Waals surface area contributed by atoms with Crippen LogP contribution in [0.4, 0.5) is 5.69 Å². The van der Waals surface area contributed by atoms with Crippen LogP contribution < -0.4 is 4.90 Å². The molecule has 2 aliphatic carbocycles. The molecule has 0 unspecified atom stereocenters. The summed E-state index contributed by atoms with van der Waals surface area (Å²) in [5.74, 6) is -1.16. The van der Waals surface area contributed by atoms with Crippen LogP contribution >= 0.6 is 11.6 Å². The topological polar surface area (TPSA) is 37.4 Å². The summed E-state index contributed by atoms with van der Waals surface area (Å²) in [5, 5.41) is 0.558. The lowest BCUT2D eigenvalue weighted by molar-refractivity contribution is -0.122. The molecule has 1 heterocycles. The molecule has 2 amide bonds. The Morgan fingerprint density at radius 2 is 1.27 bits per heavy atom. The van der Waals surface area contributed by atoms with Crippen molar-refractivity contribution in [2.45, 2.75) is 6.92 Å². The highest BCUT2D eigenvalue weighted by Crippen LogP contribution is 2.58. The van der Waals surface area contributed by atoms with Crippen LogP contribution in [0.5, 0.6) is 0 Å². The van der Waals surface area contributed by atoms with Gasteiger partial charge in [-0.3, -0.25) is 9.59 Å². The van der Waals surface area contributed by atoms with Crippen molar-refractivity contribution in [1.82, 2.24) is 0 Å². The number of imide groups is 1. The second kappa shape index (κ2) is 7.57. The molecule has 0 N–H and O–H groups in total. The lowest BCUT2D eigenvalue weighted by atomic mass is 9.85. The Labute approximate surface area is 198 Å². The first-order valence-electron chi connectivity index (χ1n) is 11.2. The van der Waals surface area contributed by atoms with E-state index in [4.69, 9.17) is 11.6 Å². The van der Waals surface area contributed by atoms with Gasteiger partial charge in [-0.2, -0.15) is 0 Å². The molecule has 6 rings (SSSR count). The smallest absolute Gasteiger partial charge is 0.238 e. The van der Waals surface area contributed by atoms with Gasteiger partial charge >= 0.3 is 0 Å². The average molecular weight is 452 g/mol. The van der Waals surface area contributed by atoms with E-state index < -0.39 is 0 Å². The molecule has 3 nitrogen and oxygen atoms in total. The third-order valence-electron chi connectivity index (χ3n) is 7.24. The number of carbonyl (C=O) groups excluding carboxylic acids is 2. The highest BCUT2D eigenvalue weighted by molar-refractivity contribution is 6.32. The maximum atomic E-state index is 13.6. The van der Waals surface area contributed by atoms with Crippen molar-refractivity contribution in [3.63, 3.8) is 0 Å². The van der Waals surface area contributed by atoms with E-state index in [0.29, 0.717) is 10.7 Å². The Hall–Kier alpha value is -3.43. The number of carbonyl (C=O) groups is 2. The number of anilines is 1. The summed E-state index contributed by atoms with van der Waals surface area (Å²) in [5.41, 5.74) is 6.02. The van der Waals surface area contributed by atoms with Crippen molar-refractivity contribution in [2.24, 2.45) is 23.7 Å². The second-order valence-electron chi connectivity index (χ2n) is 9.00. The van der Waals surface area contributed by atoms with Gasteiger partial charge in [0.25, 0.3) is 0 Å². The molecule has 1 saturated heterocycles. The zero-order valence-electron chi connectivity index (χ0n) is 18.1. The summed E-state index contributed by atoms with van der Waals surface area (Å²) >= 11 is 6.31. The molecule has 162 valence electrons. The van der Waals surface area contributed by atoms with Crippen LogP contribution in [0.3, 0.4) is 0 Å². The predicted molar refractivity (Wildman–Crippen MR) is 131 cm³/mol. The van der Waals surface area contributed by atoms with Crippen molar-refractivity contribution in [1.29, 1.82) is 0 Å². The Morgan fingerprint density at radius 1 is 0.758 bits per heavy atom. The van der Waals surface area contributed by atoms with E-state index in [2.05, 4.69) is 36.4 Å². The van der Waals surface area contributed by atoms with Gasteiger partial charge in [0, 0.05) is 16.9 Å². The van der Waals surface area contributed by atoms with Gasteiger partial charge in [-0.05, 0) is 46.9 Å². The molecule has 3 aromatic rings. The van der Waals surface area contributed by atoms with E-state index in [9.17, 15) is 9.59 Å². The van der Waals surface area contributed by atoms with Crippen LogP contribution in [-0.4, -0.2) is 11.8 Å². The minimum Gasteiger partial charge on any atom is -0.274 e. The maximum Gasteiger partial charge on any atom is 0.238 e. The fourth-order valence-electron chi connectivity index (χ4n) is 5.78. The molecule has 3 aromatic carbocycles. The third kappa shape index (κ3) is 2.96. The zero-order chi connectivity index (χ0) is 22.7. The van der Waals surface area contributed by atoms with Gasteiger partial charge in [0.15, 0.2) is 0 Å². The van der Waals surface area contributed by atoms with E-state index >= 15 is 0 Å². The van der Waals surface area contributed by atoms with E-state index in [1.54, 1.807) is 6.07 Å². The molecule has 0 spiro atoms. The summed E-state index contributed by atoms with van der Waals surface area (Å²) in [7, 11) is 0. The predicted octanol–water partition coefficient (Wildman–Crippen LogP) is 6.07. The van der Waals surface area contributed by atoms with E-state index in [1.807, 2.05) is 55.5 Å². The number of halogens is 1. The monoisotopic (exact) mass is 451 g/mol. The molecule has 2 bridgehead atoms. The molecular formula is C29H22ClNO2. The Morgan fingerprint density at radius 3 is 1.76 bits per heavy atom. The number of benzene rings is 3. The van der Waals surface area contributed by atoms with Gasteiger partial charge in [-0.15, -0.1) is 0 Å². The highest BCUT2D eigenvalue weighted by atomic mass is 35.5. The van der Waals surface area contributed by atoms with Crippen LogP contribution in [0.1, 0.15) is 16.7 Å². The summed E-state index contributed by atoms with van der Waals surface area (Å²) in [6.45, 7) is 1.91. The summed E-state index contributed by atoms with van der Waals surface area (Å²) in [6.07, 6.45) is 4.26. The van der Waals surface area contributed by atoms with Crippen molar-refractivity contribution in [3.8, 4) is 0 Å². The van der Waals surface area contributed by atoms with Gasteiger partial charge in [0.05, 0.1) is 17.5 Å². The number of hydrogen-bond donors (Lipinski definition) is 0. The summed E-state index contributed by atoms with van der Waals surface area (Å²) < 4.78 is 0. The Kier molecular flexibility index (Phi) is 4.63. The van der Waals surface area contributed by atoms with Crippen LogP contribution in [0.2, 0.25) is 5.02 Å². The lowest BCUT2D eigenvalue weighted by Crippen LogP contribution is -2.33. The minimum absolute atomic E-state index is 0.0854. The van der Waals surface area contributed by atoms with Gasteiger partial charge < -0.3 is 0 Å². The van der Waals surface area contributed by atoms with Crippen LogP contribution in [0, 0.1) is 30.6 Å². The standard InChI is InChI=1S/C29H22ClNO2/c1-17-12-13-20(16-23(17)30)31-28(32)26-21-14-15-22(27(26)29(31)33)25(21)24(18-8-4-2-5-9-18)19-10-6-3-7-11-19/h2-16,21-22,26-27H,1H3/t21-,22-,26-,27+/m1/s1. The summed E-state index contributed by atoms with van der Waals surface area (Å²) in [4.78, 5) is 28.6. The molecule has 2 fully saturated rings. The van der Waals surface area contributed by atoms with Gasteiger partial charge in [-0.25, -0.2) is 4.90 Å². The number of allylic oxidation sites excluding steroid dienone is 3. The largest absolute Gasteiger partial charge is 0.274 e. The van der Waals surface area contributed by atoms with Gasteiger partial charge in [0.2, 0.25) is 11.8 Å². The molecule has 0 aromatic heterocycles. The normalized spacial score (nSPS) is 25.2. The van der Waals surface area contributed by atoms with Crippen molar-refractivity contribution in [3.05, 3.63) is 118 Å². The van der Waals surface area contributed by atoms with E-state index in [0.717, 1.165) is 22.3 Å². The Balaban J connectivity index is 1.48. The van der Waals surface area contributed by atoms with Crippen LogP contribution in [0.15, 0.2) is 96.6 Å². The number of nitrogens with zero attached hydrogens (tertiary/aromatic N) is 1. The average Bonchev–Trinajstić information content (AvgIpc) is 3.47. The molecule has 1 aliphatic heterocycles. The SMILES string of the molecule is Cc1ccc(N2C(=O)[C@@H]3[C@H](C2=O)[C@@H]2C=C[C@@H]3C2=C(c2ccccc2)c2ccccc2)cc1Cl.